The molecule has 1 atom stereocenters. The van der Waals surface area contributed by atoms with Gasteiger partial charge in [0.15, 0.2) is 11.3 Å². The van der Waals surface area contributed by atoms with Gasteiger partial charge in [0.2, 0.25) is 0 Å². The topological polar surface area (TPSA) is 72.5 Å². The highest BCUT2D eigenvalue weighted by atomic mass is 16.5. The SMILES string of the molecule is COc1cccc2cc(C(C)NC(=O)N(C)CCn3cccn3)oc12. The molecule has 0 radical (unpaired) electrons. The highest BCUT2D eigenvalue weighted by molar-refractivity contribution is 5.84. The molecule has 25 heavy (non-hydrogen) atoms. The summed E-state index contributed by atoms with van der Waals surface area (Å²) < 4.78 is 13.0. The van der Waals surface area contributed by atoms with Crippen LogP contribution in [0, 0.1) is 0 Å². The molecule has 0 aliphatic rings. The molecule has 2 aromatic heterocycles. The van der Waals surface area contributed by atoms with Crippen molar-refractivity contribution in [1.82, 2.24) is 20.0 Å². The third-order valence-electron chi connectivity index (χ3n) is 4.08. The van der Waals surface area contributed by atoms with Crippen LogP contribution < -0.4 is 10.1 Å². The Hall–Kier alpha value is -2.96. The molecule has 0 aliphatic heterocycles. The molecule has 2 heterocycles. The smallest absolute Gasteiger partial charge is 0.317 e. The molecular weight excluding hydrogens is 320 g/mol. The Kier molecular flexibility index (Phi) is 4.92. The fourth-order valence-corrected chi connectivity index (χ4v) is 2.58. The second kappa shape index (κ2) is 7.29. The van der Waals surface area contributed by atoms with Gasteiger partial charge >= 0.3 is 6.03 Å². The van der Waals surface area contributed by atoms with Gasteiger partial charge in [-0.1, -0.05) is 12.1 Å². The maximum Gasteiger partial charge on any atom is 0.317 e. The quantitative estimate of drug-likeness (QED) is 0.747. The maximum atomic E-state index is 12.3. The lowest BCUT2D eigenvalue weighted by molar-refractivity contribution is 0.201. The van der Waals surface area contributed by atoms with Gasteiger partial charge in [-0.15, -0.1) is 0 Å². The van der Waals surface area contributed by atoms with E-state index in [1.165, 1.54) is 0 Å². The van der Waals surface area contributed by atoms with E-state index in [0.717, 1.165) is 5.39 Å². The second-order valence-electron chi connectivity index (χ2n) is 5.89. The van der Waals surface area contributed by atoms with Crippen molar-refractivity contribution in [2.24, 2.45) is 0 Å². The number of para-hydroxylation sites is 1. The number of rotatable bonds is 6. The average Bonchev–Trinajstić information content (AvgIpc) is 3.28. The van der Waals surface area contributed by atoms with Gasteiger partial charge in [0.25, 0.3) is 0 Å². The number of likely N-dealkylation sites (N-methyl/N-ethyl adjacent to an activating group) is 1. The number of nitrogens with zero attached hydrogens (tertiary/aromatic N) is 3. The number of urea groups is 1. The van der Waals surface area contributed by atoms with Crippen molar-refractivity contribution in [2.45, 2.75) is 19.5 Å². The van der Waals surface area contributed by atoms with Crippen molar-refractivity contribution in [3.63, 3.8) is 0 Å². The van der Waals surface area contributed by atoms with Crippen molar-refractivity contribution in [2.75, 3.05) is 20.7 Å². The Morgan fingerprint density at radius 1 is 1.44 bits per heavy atom. The lowest BCUT2D eigenvalue weighted by atomic mass is 10.2. The third-order valence-corrected chi connectivity index (χ3v) is 4.08. The first kappa shape index (κ1) is 16.9. The first-order valence-corrected chi connectivity index (χ1v) is 8.14. The molecule has 0 fully saturated rings. The number of amides is 2. The molecule has 7 heteroatoms. The Balaban J connectivity index is 1.62. The maximum absolute atomic E-state index is 12.3. The minimum atomic E-state index is -0.253. The number of furan rings is 1. The van der Waals surface area contributed by atoms with E-state index in [2.05, 4.69) is 10.4 Å². The highest BCUT2D eigenvalue weighted by Gasteiger charge is 2.18. The summed E-state index contributed by atoms with van der Waals surface area (Å²) in [5.74, 6) is 1.37. The molecule has 0 aliphatic carbocycles. The lowest BCUT2D eigenvalue weighted by Gasteiger charge is -2.20. The first-order chi connectivity index (χ1) is 12.1. The van der Waals surface area contributed by atoms with E-state index in [1.807, 2.05) is 43.5 Å². The van der Waals surface area contributed by atoms with Crippen molar-refractivity contribution < 1.29 is 13.9 Å². The number of aromatic nitrogens is 2. The van der Waals surface area contributed by atoms with Crippen LogP contribution in [0.4, 0.5) is 4.79 Å². The molecule has 0 saturated carbocycles. The largest absolute Gasteiger partial charge is 0.493 e. The predicted octanol–water partition coefficient (Wildman–Crippen LogP) is 3.04. The number of carbonyl (C=O) groups excluding carboxylic acids is 1. The first-order valence-electron chi connectivity index (χ1n) is 8.14. The zero-order valence-electron chi connectivity index (χ0n) is 14.6. The highest BCUT2D eigenvalue weighted by Crippen LogP contribution is 2.30. The van der Waals surface area contributed by atoms with E-state index in [9.17, 15) is 4.79 Å². The molecule has 0 spiro atoms. The molecule has 0 bridgehead atoms. The molecule has 1 N–H and O–H groups in total. The van der Waals surface area contributed by atoms with E-state index in [1.54, 1.807) is 29.9 Å². The van der Waals surface area contributed by atoms with Crippen LogP contribution in [-0.4, -0.2) is 41.4 Å². The second-order valence-corrected chi connectivity index (χ2v) is 5.89. The zero-order chi connectivity index (χ0) is 17.8. The minimum Gasteiger partial charge on any atom is -0.493 e. The van der Waals surface area contributed by atoms with Gasteiger partial charge in [0.1, 0.15) is 5.76 Å². The molecule has 2 amide bonds. The lowest BCUT2D eigenvalue weighted by Crippen LogP contribution is -2.40. The Labute approximate surface area is 146 Å². The fourth-order valence-electron chi connectivity index (χ4n) is 2.58. The Bertz CT molecular complexity index is 841. The van der Waals surface area contributed by atoms with Crippen molar-refractivity contribution in [3.8, 4) is 5.75 Å². The monoisotopic (exact) mass is 342 g/mol. The average molecular weight is 342 g/mol. The van der Waals surface area contributed by atoms with Gasteiger partial charge in [-0.05, 0) is 25.1 Å². The Morgan fingerprint density at radius 2 is 2.28 bits per heavy atom. The van der Waals surface area contributed by atoms with E-state index >= 15 is 0 Å². The summed E-state index contributed by atoms with van der Waals surface area (Å²) in [7, 11) is 3.37. The van der Waals surface area contributed by atoms with E-state index in [0.29, 0.717) is 30.2 Å². The van der Waals surface area contributed by atoms with Crippen molar-refractivity contribution >= 4 is 17.0 Å². The standard InChI is InChI=1S/C18H22N4O3/c1-13(16-12-14-6-4-7-15(24-3)17(14)25-16)20-18(23)21(2)10-11-22-9-5-8-19-22/h4-9,12-13H,10-11H2,1-3H3,(H,20,23). The summed E-state index contributed by atoms with van der Waals surface area (Å²) in [6.07, 6.45) is 3.59. The summed E-state index contributed by atoms with van der Waals surface area (Å²) in [4.78, 5) is 14.0. The molecular formula is C18H22N4O3. The van der Waals surface area contributed by atoms with Gasteiger partial charge in [0.05, 0.1) is 19.7 Å². The molecule has 0 saturated heterocycles. The number of methoxy groups -OCH3 is 1. The number of hydrogen-bond acceptors (Lipinski definition) is 4. The third kappa shape index (κ3) is 3.76. The molecule has 3 aromatic rings. The number of hydrogen-bond donors (Lipinski definition) is 1. The zero-order valence-corrected chi connectivity index (χ0v) is 14.6. The van der Waals surface area contributed by atoms with Gasteiger partial charge in [0, 0.05) is 31.4 Å². The Morgan fingerprint density at radius 3 is 3.00 bits per heavy atom. The molecule has 7 nitrogen and oxygen atoms in total. The van der Waals surface area contributed by atoms with E-state index in [4.69, 9.17) is 9.15 Å². The summed E-state index contributed by atoms with van der Waals surface area (Å²) >= 11 is 0. The number of nitrogens with one attached hydrogen (secondary N) is 1. The summed E-state index contributed by atoms with van der Waals surface area (Å²) in [5.41, 5.74) is 0.688. The number of fused-ring (bicyclic) bond motifs is 1. The van der Waals surface area contributed by atoms with Gasteiger partial charge < -0.3 is 19.4 Å². The van der Waals surface area contributed by atoms with Crippen LogP contribution in [0.5, 0.6) is 5.75 Å². The fraction of sp³-hybridized carbons (Fsp3) is 0.333. The number of carbonyl (C=O) groups is 1. The van der Waals surface area contributed by atoms with E-state index < -0.39 is 0 Å². The van der Waals surface area contributed by atoms with Crippen LogP contribution in [0.1, 0.15) is 18.7 Å². The molecule has 3 rings (SSSR count). The number of ether oxygens (including phenoxy) is 1. The number of benzene rings is 1. The van der Waals surface area contributed by atoms with Crippen LogP contribution >= 0.6 is 0 Å². The van der Waals surface area contributed by atoms with Crippen LogP contribution in [0.15, 0.2) is 47.1 Å². The van der Waals surface area contributed by atoms with Gasteiger partial charge in [-0.2, -0.15) is 5.10 Å². The summed E-state index contributed by atoms with van der Waals surface area (Å²) in [5, 5.41) is 8.02. The van der Waals surface area contributed by atoms with Crippen molar-refractivity contribution in [1.29, 1.82) is 0 Å². The van der Waals surface area contributed by atoms with Crippen LogP contribution in [0.3, 0.4) is 0 Å². The van der Waals surface area contributed by atoms with Gasteiger partial charge in [-0.25, -0.2) is 4.79 Å². The molecule has 1 unspecified atom stereocenters. The van der Waals surface area contributed by atoms with Crippen LogP contribution in [-0.2, 0) is 6.54 Å². The summed E-state index contributed by atoms with van der Waals surface area (Å²) in [6, 6.07) is 9.08. The van der Waals surface area contributed by atoms with Crippen LogP contribution in [0.25, 0.3) is 11.0 Å². The molecule has 1 aromatic carbocycles. The van der Waals surface area contributed by atoms with E-state index in [-0.39, 0.29) is 12.1 Å². The van der Waals surface area contributed by atoms with Crippen LogP contribution in [0.2, 0.25) is 0 Å². The minimum absolute atomic E-state index is 0.160. The molecule has 132 valence electrons. The summed E-state index contributed by atoms with van der Waals surface area (Å²) in [6.45, 7) is 3.10. The van der Waals surface area contributed by atoms with Gasteiger partial charge in [-0.3, -0.25) is 4.68 Å². The predicted molar refractivity (Wildman–Crippen MR) is 94.6 cm³/mol. The normalized spacial score (nSPS) is 12.1. The van der Waals surface area contributed by atoms with Crippen molar-refractivity contribution in [3.05, 3.63) is 48.5 Å².